The summed E-state index contributed by atoms with van der Waals surface area (Å²) in [7, 11) is 0. The zero-order chi connectivity index (χ0) is 74.2. The number of aliphatic hydroxyl groups excluding tert-OH is 1. The average Bonchev–Trinajstić information content (AvgIpc) is 1.61. The van der Waals surface area contributed by atoms with Crippen molar-refractivity contribution in [3.63, 3.8) is 0 Å². The van der Waals surface area contributed by atoms with E-state index in [9.17, 15) is 77.0 Å². The first-order valence-corrected chi connectivity index (χ1v) is 33.3. The number of carbonyl (C=O) groups excluding carboxylic acids is 15. The molecule has 6 aromatic rings. The number of fused-ring (bicyclic) bond motifs is 9. The first kappa shape index (κ1) is 72.2. The molecule has 5 aliphatic heterocycles. The molecule has 0 radical (unpaired) electrons. The van der Waals surface area contributed by atoms with Crippen molar-refractivity contribution in [2.45, 2.75) is 67.6 Å². The lowest BCUT2D eigenvalue weighted by atomic mass is 9.97. The fourth-order valence-corrected chi connectivity index (χ4v) is 13.3. The highest BCUT2D eigenvalue weighted by Gasteiger charge is 2.38. The van der Waals surface area contributed by atoms with E-state index in [1.807, 2.05) is 72.8 Å². The molecule has 8 aliphatic rings. The second-order valence-electron chi connectivity index (χ2n) is 24.2. The Morgan fingerprint density at radius 3 is 1.08 bits per heavy atom. The van der Waals surface area contributed by atoms with Crippen molar-refractivity contribution in [2.24, 2.45) is 0 Å². The van der Waals surface area contributed by atoms with Gasteiger partial charge in [-0.2, -0.15) is 0 Å². The van der Waals surface area contributed by atoms with E-state index < -0.39 is 83.2 Å². The molecule has 2 fully saturated rings. The second-order valence-corrected chi connectivity index (χ2v) is 25.0. The summed E-state index contributed by atoms with van der Waals surface area (Å²) in [5.41, 5.74) is 12.3. The molecule has 0 saturated carbocycles. The SMILES string of the molecule is O=C(CCN1C(=O)C=CC1=O)Nc1ccc2c(c1)C(CO)c1ccccc1-2.O=C(CCN1C(=O)C=CC1=O)Nc1ccc2c(c1)C(COC(=O)ON1C(=O)CCC1=O)c1cc(SOOO)ccc1-2.O=C(CCN1C(=O)C=CC1=O)Nc1ccc2c(c1)C(COC(=O)ON1C(=O)CCC1=O)c1ccccc1-2. The molecular formula is C73H60N8O23S. The van der Waals surface area contributed by atoms with Crippen molar-refractivity contribution in [1.29, 1.82) is 0 Å². The van der Waals surface area contributed by atoms with Crippen molar-refractivity contribution in [3.05, 3.63) is 191 Å². The molecule has 0 spiro atoms. The summed E-state index contributed by atoms with van der Waals surface area (Å²) in [5, 5.41) is 31.1. The Morgan fingerprint density at radius 2 is 0.714 bits per heavy atom. The van der Waals surface area contributed by atoms with Gasteiger partial charge in [0.05, 0.1) is 18.6 Å². The molecule has 32 heteroatoms. The summed E-state index contributed by atoms with van der Waals surface area (Å²) < 4.78 is 15.1. The molecule has 0 bridgehead atoms. The molecular weight excluding hydrogens is 1390 g/mol. The fourth-order valence-electron chi connectivity index (χ4n) is 12.9. The summed E-state index contributed by atoms with van der Waals surface area (Å²) >= 11 is 0.741. The molecule has 105 heavy (non-hydrogen) atoms. The van der Waals surface area contributed by atoms with E-state index in [0.717, 1.165) is 112 Å². The van der Waals surface area contributed by atoms with Crippen molar-refractivity contribution >= 4 is 118 Å². The molecule has 5 heterocycles. The summed E-state index contributed by atoms with van der Waals surface area (Å²) in [6.45, 7) is -0.437. The van der Waals surface area contributed by atoms with Gasteiger partial charge in [-0.15, -0.1) is 4.33 Å². The van der Waals surface area contributed by atoms with Gasteiger partial charge in [0.1, 0.15) is 13.2 Å². The van der Waals surface area contributed by atoms with E-state index in [0.29, 0.717) is 37.6 Å². The number of aliphatic hydroxyl groups is 1. The van der Waals surface area contributed by atoms with E-state index in [1.165, 1.54) is 12.2 Å². The third kappa shape index (κ3) is 16.0. The van der Waals surface area contributed by atoms with Crippen LogP contribution in [0.15, 0.2) is 163 Å². The number of hydrogen-bond donors (Lipinski definition) is 5. The summed E-state index contributed by atoms with van der Waals surface area (Å²) in [6.07, 6.45) is 4.28. The van der Waals surface area contributed by atoms with Crippen LogP contribution in [0.1, 0.15) is 96.1 Å². The standard InChI is InChI=1S/C26H21N3O11S.C26H21N3O8.C21H18N2O4/c30-21(9-10-28-22(31)5-6-23(28)32)27-14-1-3-16-17-4-2-15(41-40-39-36)12-19(17)20(18(16)11-14)13-37-26(35)38-29-24(33)7-8-25(29)34;30-21(11-12-28-22(31)7-8-23(28)32)27-15-5-6-18-16-3-1-2-4-17(16)20(19(18)13-15)14-36-26(35)37-29-24(33)9-10-25(29)34;24-12-18-15-4-2-1-3-14(15)16-6-5-13(11-17(16)18)22-19(25)9-10-23-20(26)7-8-21(23)27/h1-6,11-12,20,36H,7-10,13H2,(H,27,30);1-8,13,20H,9-12,14H2,(H,27,30);1-8,11,18,24H,9-10,12H2,(H,22,25). The summed E-state index contributed by atoms with van der Waals surface area (Å²) in [5.74, 6) is -7.29. The van der Waals surface area contributed by atoms with Crippen molar-refractivity contribution in [3.8, 4) is 33.4 Å². The number of hydroxylamine groups is 4. The Bertz CT molecular complexity index is 4690. The molecule has 3 aliphatic carbocycles. The first-order chi connectivity index (χ1) is 50.6. The number of amides is 13. The van der Waals surface area contributed by atoms with Gasteiger partial charge in [-0.25, -0.2) is 14.8 Å². The van der Waals surface area contributed by atoms with Crippen molar-refractivity contribution < 1.29 is 111 Å². The zero-order valence-corrected chi connectivity index (χ0v) is 55.9. The predicted octanol–water partition coefficient (Wildman–Crippen LogP) is 7.01. The number of rotatable bonds is 22. The van der Waals surface area contributed by atoms with Crippen LogP contribution in [0.5, 0.6) is 0 Å². The van der Waals surface area contributed by atoms with Crippen LogP contribution in [-0.4, -0.2) is 164 Å². The highest BCUT2D eigenvalue weighted by atomic mass is 32.2. The van der Waals surface area contributed by atoms with Gasteiger partial charge in [-0.05, 0) is 115 Å². The Labute approximate surface area is 598 Å². The van der Waals surface area contributed by atoms with E-state index in [2.05, 4.69) is 25.3 Å². The van der Waals surface area contributed by atoms with Crippen LogP contribution in [0.2, 0.25) is 0 Å². The molecule has 31 nitrogen and oxygen atoms in total. The third-order valence-corrected chi connectivity index (χ3v) is 18.5. The minimum atomic E-state index is -1.24. The van der Waals surface area contributed by atoms with Gasteiger partial charge in [-0.1, -0.05) is 88.0 Å². The number of imide groups is 5. The number of hydrogen-bond acceptors (Lipinski definition) is 24. The zero-order valence-electron chi connectivity index (χ0n) is 55.0. The lowest BCUT2D eigenvalue weighted by Crippen LogP contribution is -2.33. The lowest BCUT2D eigenvalue weighted by Gasteiger charge is -2.17. The largest absolute Gasteiger partial charge is 0.533 e. The number of carbonyl (C=O) groups is 15. The molecule has 13 amide bonds. The number of anilines is 3. The number of nitrogens with one attached hydrogen (secondary N) is 3. The molecule has 536 valence electrons. The van der Waals surface area contributed by atoms with Gasteiger partial charge in [0.25, 0.3) is 59.1 Å². The van der Waals surface area contributed by atoms with Gasteiger partial charge in [0.2, 0.25) is 17.7 Å². The van der Waals surface area contributed by atoms with Crippen LogP contribution in [0.25, 0.3) is 33.4 Å². The normalized spacial score (nSPS) is 17.4. The van der Waals surface area contributed by atoms with Crippen LogP contribution >= 0.6 is 12.0 Å². The van der Waals surface area contributed by atoms with E-state index in [-0.39, 0.29) is 108 Å². The molecule has 6 aromatic carbocycles. The Balaban J connectivity index is 0.000000151. The Hall–Kier alpha value is -12.6. The van der Waals surface area contributed by atoms with Gasteiger partial charge < -0.3 is 30.5 Å². The second kappa shape index (κ2) is 31.7. The van der Waals surface area contributed by atoms with E-state index in [1.54, 1.807) is 48.5 Å². The maximum Gasteiger partial charge on any atom is 0.533 e. The predicted molar refractivity (Wildman–Crippen MR) is 363 cm³/mol. The van der Waals surface area contributed by atoms with Crippen molar-refractivity contribution in [2.75, 3.05) is 55.4 Å². The minimum absolute atomic E-state index is 0.00635. The first-order valence-electron chi connectivity index (χ1n) is 32.6. The highest BCUT2D eigenvalue weighted by molar-refractivity contribution is 7.94. The fraction of sp³-hybridized carbons (Fsp3) is 0.219. The Kier molecular flexibility index (Phi) is 21.8. The van der Waals surface area contributed by atoms with Crippen LogP contribution in [0.4, 0.5) is 26.7 Å². The van der Waals surface area contributed by atoms with Gasteiger partial charge >= 0.3 is 12.3 Å². The highest BCUT2D eigenvalue weighted by Crippen LogP contribution is 2.49. The van der Waals surface area contributed by atoms with Crippen LogP contribution in [0, 0.1) is 0 Å². The summed E-state index contributed by atoms with van der Waals surface area (Å²) in [6, 6.07) is 37.0. The number of ether oxygens (including phenoxy) is 2. The quantitative estimate of drug-likeness (QED) is 0.0150. The average molecular weight is 1450 g/mol. The topological polar surface area (TPSA) is 404 Å². The summed E-state index contributed by atoms with van der Waals surface area (Å²) in [4.78, 5) is 192. The smallest absolute Gasteiger partial charge is 0.432 e. The maximum atomic E-state index is 12.6. The molecule has 5 N–H and O–H groups in total. The molecule has 3 atom stereocenters. The number of nitrogens with zero attached hydrogens (tertiary/aromatic N) is 5. The molecule has 2 saturated heterocycles. The van der Waals surface area contributed by atoms with E-state index in [4.69, 9.17) is 24.4 Å². The Morgan fingerprint density at radius 1 is 0.400 bits per heavy atom. The van der Waals surface area contributed by atoms with Crippen LogP contribution < -0.4 is 16.0 Å². The van der Waals surface area contributed by atoms with Gasteiger partial charge in [-0.3, -0.25) is 86.7 Å². The minimum Gasteiger partial charge on any atom is -0.432 e. The monoisotopic (exact) mass is 1450 g/mol. The van der Waals surface area contributed by atoms with Gasteiger partial charge in [0, 0.05) is 141 Å². The maximum absolute atomic E-state index is 12.6. The van der Waals surface area contributed by atoms with Gasteiger partial charge in [0.15, 0.2) is 0 Å². The lowest BCUT2D eigenvalue weighted by molar-refractivity contribution is -0.432. The number of benzene rings is 6. The molecule has 3 unspecified atom stereocenters. The molecule has 14 rings (SSSR count). The third-order valence-electron chi connectivity index (χ3n) is 17.9. The van der Waals surface area contributed by atoms with Crippen LogP contribution in [0.3, 0.4) is 0 Å². The molecule has 0 aromatic heterocycles. The van der Waals surface area contributed by atoms with E-state index >= 15 is 0 Å². The van der Waals surface area contributed by atoms with Crippen LogP contribution in [-0.2, 0) is 90.8 Å². The van der Waals surface area contributed by atoms with Crippen molar-refractivity contribution in [1.82, 2.24) is 24.8 Å².